The SMILES string of the molecule is O=C(O)CN(CC1CC1)C1CC(NC(=O)c2cn(Cc3cccs3)nn2)C1. The topological polar surface area (TPSA) is 100 Å². The van der Waals surface area contributed by atoms with E-state index in [4.69, 9.17) is 5.11 Å². The molecule has 2 heterocycles. The highest BCUT2D eigenvalue weighted by Gasteiger charge is 2.38. The Bertz CT molecular complexity index is 796. The van der Waals surface area contributed by atoms with Gasteiger partial charge < -0.3 is 10.4 Å². The molecule has 2 aliphatic carbocycles. The van der Waals surface area contributed by atoms with Crippen LogP contribution in [0.1, 0.15) is 41.0 Å². The van der Waals surface area contributed by atoms with Crippen molar-refractivity contribution in [3.05, 3.63) is 34.3 Å². The number of nitrogens with one attached hydrogen (secondary N) is 1. The van der Waals surface area contributed by atoms with Gasteiger partial charge in [0, 0.05) is 23.5 Å². The van der Waals surface area contributed by atoms with Crippen LogP contribution in [0.25, 0.3) is 0 Å². The maximum atomic E-state index is 12.4. The number of carboxylic acids is 1. The molecule has 144 valence electrons. The van der Waals surface area contributed by atoms with E-state index in [0.29, 0.717) is 18.2 Å². The fraction of sp³-hybridized carbons (Fsp3) is 0.556. The van der Waals surface area contributed by atoms with Crippen molar-refractivity contribution in [3.8, 4) is 0 Å². The number of carboxylic acid groups (broad SMARTS) is 1. The minimum Gasteiger partial charge on any atom is -0.480 e. The first-order chi connectivity index (χ1) is 13.1. The molecule has 0 bridgehead atoms. The fourth-order valence-electron chi connectivity index (χ4n) is 3.45. The van der Waals surface area contributed by atoms with Gasteiger partial charge in [0.05, 0.1) is 19.3 Å². The summed E-state index contributed by atoms with van der Waals surface area (Å²) in [5, 5.41) is 22.1. The number of amides is 1. The van der Waals surface area contributed by atoms with Crippen LogP contribution in [0.5, 0.6) is 0 Å². The number of hydrogen-bond donors (Lipinski definition) is 2. The monoisotopic (exact) mass is 389 g/mol. The summed E-state index contributed by atoms with van der Waals surface area (Å²) in [5.41, 5.74) is 0.315. The van der Waals surface area contributed by atoms with Crippen molar-refractivity contribution >= 4 is 23.2 Å². The largest absolute Gasteiger partial charge is 0.480 e. The quantitative estimate of drug-likeness (QED) is 0.673. The Kier molecular flexibility index (Phi) is 5.22. The summed E-state index contributed by atoms with van der Waals surface area (Å²) in [4.78, 5) is 26.7. The molecular formula is C18H23N5O3S. The Balaban J connectivity index is 1.26. The lowest BCUT2D eigenvalue weighted by molar-refractivity contribution is -0.139. The van der Waals surface area contributed by atoms with Crippen LogP contribution in [-0.4, -0.2) is 62.0 Å². The Labute approximate surface area is 161 Å². The summed E-state index contributed by atoms with van der Waals surface area (Å²) in [5.74, 6) is -0.357. The van der Waals surface area contributed by atoms with Crippen LogP contribution in [0.2, 0.25) is 0 Å². The van der Waals surface area contributed by atoms with Crippen molar-refractivity contribution in [2.75, 3.05) is 13.1 Å². The van der Waals surface area contributed by atoms with Crippen LogP contribution in [-0.2, 0) is 11.3 Å². The van der Waals surface area contributed by atoms with Crippen LogP contribution >= 0.6 is 11.3 Å². The van der Waals surface area contributed by atoms with Gasteiger partial charge in [-0.2, -0.15) is 0 Å². The van der Waals surface area contributed by atoms with E-state index < -0.39 is 5.97 Å². The molecule has 0 aromatic carbocycles. The molecule has 0 spiro atoms. The predicted octanol–water partition coefficient (Wildman–Crippen LogP) is 1.45. The highest BCUT2D eigenvalue weighted by molar-refractivity contribution is 7.09. The van der Waals surface area contributed by atoms with Crippen molar-refractivity contribution in [2.45, 2.75) is 44.3 Å². The highest BCUT2D eigenvalue weighted by atomic mass is 32.1. The third-order valence-corrected chi connectivity index (χ3v) is 6.02. The van der Waals surface area contributed by atoms with Gasteiger partial charge in [-0.1, -0.05) is 11.3 Å². The summed E-state index contributed by atoms with van der Waals surface area (Å²) in [6, 6.07) is 4.31. The zero-order valence-corrected chi connectivity index (χ0v) is 15.8. The van der Waals surface area contributed by atoms with E-state index in [-0.39, 0.29) is 24.5 Å². The molecule has 0 atom stereocenters. The number of carbonyl (C=O) groups is 2. The van der Waals surface area contributed by atoms with E-state index in [2.05, 4.69) is 20.5 Å². The molecule has 2 N–H and O–H groups in total. The number of aliphatic carboxylic acids is 1. The van der Waals surface area contributed by atoms with Gasteiger partial charge in [-0.05, 0) is 43.0 Å². The Morgan fingerprint density at radius 2 is 2.19 bits per heavy atom. The third-order valence-electron chi connectivity index (χ3n) is 5.16. The summed E-state index contributed by atoms with van der Waals surface area (Å²) < 4.78 is 1.66. The van der Waals surface area contributed by atoms with E-state index >= 15 is 0 Å². The van der Waals surface area contributed by atoms with Crippen LogP contribution in [0, 0.1) is 5.92 Å². The van der Waals surface area contributed by atoms with Gasteiger partial charge in [0.1, 0.15) is 0 Å². The van der Waals surface area contributed by atoms with Gasteiger partial charge in [-0.3, -0.25) is 14.5 Å². The molecule has 2 saturated carbocycles. The van der Waals surface area contributed by atoms with Crippen LogP contribution in [0.3, 0.4) is 0 Å². The maximum Gasteiger partial charge on any atom is 0.317 e. The van der Waals surface area contributed by atoms with Crippen LogP contribution in [0.15, 0.2) is 23.7 Å². The van der Waals surface area contributed by atoms with Gasteiger partial charge in [0.15, 0.2) is 5.69 Å². The Morgan fingerprint density at radius 1 is 1.37 bits per heavy atom. The molecule has 27 heavy (non-hydrogen) atoms. The number of thiophene rings is 1. The average molecular weight is 389 g/mol. The molecule has 0 unspecified atom stereocenters. The van der Waals surface area contributed by atoms with E-state index in [1.165, 1.54) is 12.8 Å². The lowest BCUT2D eigenvalue weighted by Gasteiger charge is -2.42. The van der Waals surface area contributed by atoms with Gasteiger partial charge in [-0.15, -0.1) is 16.4 Å². The first-order valence-electron chi connectivity index (χ1n) is 9.26. The third kappa shape index (κ3) is 4.72. The number of aromatic nitrogens is 3. The Morgan fingerprint density at radius 3 is 2.85 bits per heavy atom. The zero-order valence-electron chi connectivity index (χ0n) is 15.0. The smallest absolute Gasteiger partial charge is 0.317 e. The second kappa shape index (κ2) is 7.77. The molecular weight excluding hydrogens is 366 g/mol. The lowest BCUT2D eigenvalue weighted by Crippen LogP contribution is -2.55. The second-order valence-electron chi connectivity index (χ2n) is 7.44. The lowest BCUT2D eigenvalue weighted by atomic mass is 9.85. The summed E-state index contributed by atoms with van der Waals surface area (Å²) in [6.07, 6.45) is 5.63. The van der Waals surface area contributed by atoms with Crippen molar-refractivity contribution in [2.24, 2.45) is 5.92 Å². The standard InChI is InChI=1S/C18H23N5O3S/c24-17(25)11-22(8-12-3-4-12)14-6-13(7-14)19-18(26)16-10-23(21-20-16)9-15-2-1-5-27-15/h1-2,5,10,12-14H,3-4,6-9,11H2,(H,19,26)(H,24,25). The molecule has 0 radical (unpaired) electrons. The molecule has 2 aromatic rings. The predicted molar refractivity (Wildman–Crippen MR) is 99.7 cm³/mol. The van der Waals surface area contributed by atoms with Gasteiger partial charge in [-0.25, -0.2) is 4.68 Å². The number of hydrogen-bond acceptors (Lipinski definition) is 6. The van der Waals surface area contributed by atoms with Gasteiger partial charge in [0.2, 0.25) is 0 Å². The first kappa shape index (κ1) is 18.1. The highest BCUT2D eigenvalue weighted by Crippen LogP contribution is 2.33. The average Bonchev–Trinajstić information content (AvgIpc) is 3.07. The van der Waals surface area contributed by atoms with E-state index in [1.54, 1.807) is 22.2 Å². The Hall–Kier alpha value is -2.26. The van der Waals surface area contributed by atoms with Gasteiger partial charge in [0.25, 0.3) is 5.91 Å². The normalized spacial score (nSPS) is 21.8. The fourth-order valence-corrected chi connectivity index (χ4v) is 4.15. The molecule has 2 aliphatic rings. The minimum absolute atomic E-state index is 0.0699. The second-order valence-corrected chi connectivity index (χ2v) is 8.48. The van der Waals surface area contributed by atoms with Gasteiger partial charge >= 0.3 is 5.97 Å². The van der Waals surface area contributed by atoms with Crippen molar-refractivity contribution in [3.63, 3.8) is 0 Å². The molecule has 9 heteroatoms. The first-order valence-corrected chi connectivity index (χ1v) is 10.1. The van der Waals surface area contributed by atoms with E-state index in [1.807, 2.05) is 17.5 Å². The molecule has 8 nitrogen and oxygen atoms in total. The molecule has 4 rings (SSSR count). The molecule has 2 fully saturated rings. The molecule has 2 aromatic heterocycles. The van der Waals surface area contributed by atoms with Crippen molar-refractivity contribution in [1.82, 2.24) is 25.2 Å². The zero-order chi connectivity index (χ0) is 18.8. The number of rotatable bonds is 9. The van der Waals surface area contributed by atoms with E-state index in [9.17, 15) is 9.59 Å². The maximum absolute atomic E-state index is 12.4. The molecule has 0 aliphatic heterocycles. The van der Waals surface area contributed by atoms with Crippen LogP contribution < -0.4 is 5.32 Å². The van der Waals surface area contributed by atoms with Crippen molar-refractivity contribution in [1.29, 1.82) is 0 Å². The molecule has 1 amide bonds. The minimum atomic E-state index is -0.787. The van der Waals surface area contributed by atoms with Crippen molar-refractivity contribution < 1.29 is 14.7 Å². The number of nitrogens with zero attached hydrogens (tertiary/aromatic N) is 4. The van der Waals surface area contributed by atoms with Crippen LogP contribution in [0.4, 0.5) is 0 Å². The van der Waals surface area contributed by atoms with E-state index in [0.717, 1.165) is 24.3 Å². The molecule has 0 saturated heterocycles. The number of carbonyl (C=O) groups excluding carboxylic acids is 1. The summed E-state index contributed by atoms with van der Waals surface area (Å²) >= 11 is 1.64. The summed E-state index contributed by atoms with van der Waals surface area (Å²) in [6.45, 7) is 1.54. The summed E-state index contributed by atoms with van der Waals surface area (Å²) in [7, 11) is 0.